The van der Waals surface area contributed by atoms with Crippen molar-refractivity contribution in [3.63, 3.8) is 0 Å². The molecule has 1 rings (SSSR count). The summed E-state index contributed by atoms with van der Waals surface area (Å²) in [6.45, 7) is 0.513. The van der Waals surface area contributed by atoms with E-state index >= 15 is 0 Å². The molecule has 0 heterocycles. The fourth-order valence-corrected chi connectivity index (χ4v) is 1.06. The van der Waals surface area contributed by atoms with Crippen molar-refractivity contribution >= 4 is 0 Å². The van der Waals surface area contributed by atoms with Gasteiger partial charge in [0.05, 0.1) is 0 Å². The smallest absolute Gasteiger partial charge is 0.0126 e. The number of benzene rings is 1. The summed E-state index contributed by atoms with van der Waals surface area (Å²) in [7, 11) is 0. The minimum absolute atomic E-state index is 0.513. The molecule has 4 N–H and O–H groups in total. The highest BCUT2D eigenvalue weighted by Gasteiger charge is 1.92. The van der Waals surface area contributed by atoms with E-state index < -0.39 is 0 Å². The zero-order valence-corrected chi connectivity index (χ0v) is 7.03. The number of hydrogen-bond acceptors (Lipinski definition) is 2. The Kier molecular flexibility index (Phi) is 3.35. The Morgan fingerprint density at radius 1 is 1.25 bits per heavy atom. The predicted octanol–water partition coefficient (Wildman–Crippen LogP) is 1.03. The maximum atomic E-state index is 5.70. The van der Waals surface area contributed by atoms with Crippen molar-refractivity contribution < 1.29 is 0 Å². The Morgan fingerprint density at radius 2 is 1.92 bits per heavy atom. The SMILES string of the molecule is NCC=C(N)Cc1ccccc1. The summed E-state index contributed by atoms with van der Waals surface area (Å²) in [4.78, 5) is 0. The van der Waals surface area contributed by atoms with Gasteiger partial charge in [-0.05, 0) is 5.56 Å². The minimum atomic E-state index is 0.513. The molecule has 2 nitrogen and oxygen atoms in total. The number of hydrogen-bond donors (Lipinski definition) is 2. The van der Waals surface area contributed by atoms with Gasteiger partial charge in [0.15, 0.2) is 0 Å². The fraction of sp³-hybridized carbons (Fsp3) is 0.200. The van der Waals surface area contributed by atoms with Gasteiger partial charge in [0.2, 0.25) is 0 Å². The first-order valence-corrected chi connectivity index (χ1v) is 4.01. The van der Waals surface area contributed by atoms with Crippen LogP contribution in [0.5, 0.6) is 0 Å². The van der Waals surface area contributed by atoms with Gasteiger partial charge in [-0.15, -0.1) is 0 Å². The number of nitrogens with two attached hydrogens (primary N) is 2. The van der Waals surface area contributed by atoms with Crippen LogP contribution in [0, 0.1) is 0 Å². The number of rotatable bonds is 3. The predicted molar refractivity (Wildman–Crippen MR) is 51.5 cm³/mol. The molecule has 0 aliphatic heterocycles. The molecule has 0 unspecified atom stereocenters. The molecule has 0 radical (unpaired) electrons. The molecule has 0 fully saturated rings. The van der Waals surface area contributed by atoms with E-state index in [4.69, 9.17) is 11.5 Å². The highest BCUT2D eigenvalue weighted by atomic mass is 14.6. The molecule has 64 valence electrons. The van der Waals surface area contributed by atoms with Crippen molar-refractivity contribution in [1.82, 2.24) is 0 Å². The van der Waals surface area contributed by atoms with Gasteiger partial charge in [-0.2, -0.15) is 0 Å². The lowest BCUT2D eigenvalue weighted by atomic mass is 10.1. The highest BCUT2D eigenvalue weighted by Crippen LogP contribution is 2.02. The summed E-state index contributed by atoms with van der Waals surface area (Å²) < 4.78 is 0. The third kappa shape index (κ3) is 2.76. The molecule has 0 saturated carbocycles. The summed E-state index contributed by atoms with van der Waals surface area (Å²) >= 11 is 0. The van der Waals surface area contributed by atoms with Gasteiger partial charge >= 0.3 is 0 Å². The van der Waals surface area contributed by atoms with Gasteiger partial charge in [0, 0.05) is 18.7 Å². The van der Waals surface area contributed by atoms with Crippen LogP contribution < -0.4 is 11.5 Å². The summed E-state index contributed by atoms with van der Waals surface area (Å²) in [5, 5.41) is 0. The van der Waals surface area contributed by atoms with E-state index in [1.165, 1.54) is 5.56 Å². The Labute approximate surface area is 72.9 Å². The van der Waals surface area contributed by atoms with E-state index in [0.717, 1.165) is 12.1 Å². The van der Waals surface area contributed by atoms with Crippen molar-refractivity contribution in [3.8, 4) is 0 Å². The molecule has 1 aromatic rings. The van der Waals surface area contributed by atoms with Crippen molar-refractivity contribution in [3.05, 3.63) is 47.7 Å². The first-order valence-electron chi connectivity index (χ1n) is 4.01. The molecule has 0 bridgehead atoms. The molecule has 0 amide bonds. The summed E-state index contributed by atoms with van der Waals surface area (Å²) in [6.07, 6.45) is 2.63. The van der Waals surface area contributed by atoms with Crippen LogP contribution in [0.4, 0.5) is 0 Å². The highest BCUT2D eigenvalue weighted by molar-refractivity contribution is 5.20. The van der Waals surface area contributed by atoms with Crippen LogP contribution in [-0.2, 0) is 6.42 Å². The van der Waals surface area contributed by atoms with Crippen LogP contribution in [0.2, 0.25) is 0 Å². The van der Waals surface area contributed by atoms with Gasteiger partial charge in [-0.3, -0.25) is 0 Å². The second-order valence-electron chi connectivity index (χ2n) is 2.68. The Bertz CT molecular complexity index is 252. The fourth-order valence-electron chi connectivity index (χ4n) is 1.06. The average Bonchev–Trinajstić information content (AvgIpc) is 2.06. The zero-order valence-electron chi connectivity index (χ0n) is 7.03. The second kappa shape index (κ2) is 4.57. The minimum Gasteiger partial charge on any atom is -0.402 e. The quantitative estimate of drug-likeness (QED) is 0.697. The van der Waals surface area contributed by atoms with E-state index in [0.29, 0.717) is 6.54 Å². The topological polar surface area (TPSA) is 52.0 Å². The van der Waals surface area contributed by atoms with Crippen LogP contribution in [0.1, 0.15) is 5.56 Å². The second-order valence-corrected chi connectivity index (χ2v) is 2.68. The lowest BCUT2D eigenvalue weighted by Crippen LogP contribution is -2.05. The van der Waals surface area contributed by atoms with Gasteiger partial charge in [0.25, 0.3) is 0 Å². The van der Waals surface area contributed by atoms with E-state index in [1.807, 2.05) is 24.3 Å². The van der Waals surface area contributed by atoms with Crippen LogP contribution in [0.15, 0.2) is 42.1 Å². The van der Waals surface area contributed by atoms with Crippen LogP contribution in [-0.4, -0.2) is 6.54 Å². The Hall–Kier alpha value is -1.28. The summed E-state index contributed by atoms with van der Waals surface area (Å²) in [6, 6.07) is 10.1. The van der Waals surface area contributed by atoms with E-state index in [2.05, 4.69) is 12.1 Å². The van der Waals surface area contributed by atoms with Crippen molar-refractivity contribution in [1.29, 1.82) is 0 Å². The zero-order chi connectivity index (χ0) is 8.81. The first-order chi connectivity index (χ1) is 5.83. The maximum Gasteiger partial charge on any atom is 0.0126 e. The standard InChI is InChI=1S/C10H14N2/c11-7-6-10(12)8-9-4-2-1-3-5-9/h1-6H,7-8,11-12H2. The molecular formula is C10H14N2. The van der Waals surface area contributed by atoms with E-state index in [1.54, 1.807) is 0 Å². The first kappa shape index (κ1) is 8.81. The van der Waals surface area contributed by atoms with Gasteiger partial charge < -0.3 is 11.5 Å². The molecule has 0 aliphatic rings. The van der Waals surface area contributed by atoms with Crippen molar-refractivity contribution in [2.24, 2.45) is 11.5 Å². The molecule has 0 saturated heterocycles. The molecule has 1 aromatic carbocycles. The molecule has 2 heteroatoms. The summed E-state index contributed by atoms with van der Waals surface area (Å²) in [5.74, 6) is 0. The lowest BCUT2D eigenvalue weighted by Gasteiger charge is -2.00. The van der Waals surface area contributed by atoms with Gasteiger partial charge in [0.1, 0.15) is 0 Å². The van der Waals surface area contributed by atoms with Gasteiger partial charge in [-0.25, -0.2) is 0 Å². The van der Waals surface area contributed by atoms with Crippen LogP contribution >= 0.6 is 0 Å². The Balaban J connectivity index is 2.58. The lowest BCUT2D eigenvalue weighted by molar-refractivity contribution is 1.07. The molecule has 0 aliphatic carbocycles. The molecule has 12 heavy (non-hydrogen) atoms. The Morgan fingerprint density at radius 3 is 2.50 bits per heavy atom. The maximum absolute atomic E-state index is 5.70. The average molecular weight is 162 g/mol. The largest absolute Gasteiger partial charge is 0.402 e. The van der Waals surface area contributed by atoms with Crippen molar-refractivity contribution in [2.45, 2.75) is 6.42 Å². The molecule has 0 spiro atoms. The third-order valence-corrected chi connectivity index (χ3v) is 1.63. The molecule has 0 aromatic heterocycles. The monoisotopic (exact) mass is 162 g/mol. The van der Waals surface area contributed by atoms with E-state index in [9.17, 15) is 0 Å². The van der Waals surface area contributed by atoms with Crippen LogP contribution in [0.3, 0.4) is 0 Å². The molecule has 0 atom stereocenters. The third-order valence-electron chi connectivity index (χ3n) is 1.63. The van der Waals surface area contributed by atoms with Crippen LogP contribution in [0.25, 0.3) is 0 Å². The number of allylic oxidation sites excluding steroid dienone is 1. The normalized spacial score (nSPS) is 11.6. The van der Waals surface area contributed by atoms with Crippen molar-refractivity contribution in [2.75, 3.05) is 6.54 Å². The van der Waals surface area contributed by atoms with E-state index in [-0.39, 0.29) is 0 Å². The van der Waals surface area contributed by atoms with Gasteiger partial charge in [-0.1, -0.05) is 36.4 Å². The molecular weight excluding hydrogens is 148 g/mol. The summed E-state index contributed by atoms with van der Waals surface area (Å²) in [5.41, 5.74) is 13.1.